The van der Waals surface area contributed by atoms with Gasteiger partial charge in [0.05, 0.1) is 6.33 Å². The molecule has 1 rings (SSSR count). The summed E-state index contributed by atoms with van der Waals surface area (Å²) in [5, 5.41) is 7.04. The number of hydrogen-bond acceptors (Lipinski definition) is 3. The summed E-state index contributed by atoms with van der Waals surface area (Å²) in [6.07, 6.45) is 3.33. The molecule has 70 valence electrons. The first-order chi connectivity index (χ1) is 4.79. The number of aromatic nitrogens is 2. The molecule has 0 aromatic carbocycles. The second-order valence-electron chi connectivity index (χ2n) is 1.73. The summed E-state index contributed by atoms with van der Waals surface area (Å²) in [6.45, 7) is 0. The van der Waals surface area contributed by atoms with E-state index in [1.54, 1.807) is 12.5 Å². The first-order valence-electron chi connectivity index (χ1n) is 2.73. The molecule has 0 fully saturated rings. The van der Waals surface area contributed by atoms with Crippen molar-refractivity contribution in [2.75, 3.05) is 0 Å². The third kappa shape index (κ3) is 5.29. The summed E-state index contributed by atoms with van der Waals surface area (Å²) in [5.41, 5.74) is 6.11. The normalized spacial score (nSPS) is 8.00. The molecule has 0 radical (unpaired) electrons. The Morgan fingerprint density at radius 2 is 2.33 bits per heavy atom. The predicted molar refractivity (Wildman–Crippen MR) is 56.3 cm³/mol. The fourth-order valence-electron chi connectivity index (χ4n) is 0.519. The van der Waals surface area contributed by atoms with Crippen molar-refractivity contribution in [1.82, 2.24) is 9.97 Å². The molecular weight excluding hydrogens is 219 g/mol. The SMILES string of the molecule is Cl.Cl.N=C(N)SCc1cnc[nH]1. The number of H-pyrrole nitrogens is 1. The number of nitrogens with one attached hydrogen (secondary N) is 2. The number of hydrogen-bond donors (Lipinski definition) is 3. The molecule has 1 aromatic rings. The number of thioether (sulfide) groups is 1. The maximum atomic E-state index is 6.90. The van der Waals surface area contributed by atoms with E-state index in [-0.39, 0.29) is 30.0 Å². The van der Waals surface area contributed by atoms with Crippen LogP contribution in [0.4, 0.5) is 0 Å². The molecule has 1 heterocycles. The minimum Gasteiger partial charge on any atom is -0.379 e. The molecular formula is C5H10Cl2N4S. The van der Waals surface area contributed by atoms with Crippen LogP contribution in [0.5, 0.6) is 0 Å². The number of amidine groups is 1. The van der Waals surface area contributed by atoms with Crippen molar-refractivity contribution in [1.29, 1.82) is 5.41 Å². The molecule has 4 N–H and O–H groups in total. The monoisotopic (exact) mass is 228 g/mol. The van der Waals surface area contributed by atoms with Crippen LogP contribution in [-0.2, 0) is 5.75 Å². The van der Waals surface area contributed by atoms with E-state index in [1.807, 2.05) is 0 Å². The second kappa shape index (κ2) is 7.27. The minimum atomic E-state index is 0. The third-order valence-electron chi connectivity index (χ3n) is 0.938. The average Bonchev–Trinajstić information content (AvgIpc) is 2.34. The molecule has 7 heteroatoms. The van der Waals surface area contributed by atoms with Crippen molar-refractivity contribution in [3.8, 4) is 0 Å². The molecule has 4 nitrogen and oxygen atoms in total. The van der Waals surface area contributed by atoms with E-state index in [1.165, 1.54) is 11.8 Å². The number of nitrogens with zero attached hydrogens (tertiary/aromatic N) is 1. The molecule has 0 aliphatic rings. The Kier molecular flexibility index (Phi) is 8.57. The highest BCUT2D eigenvalue weighted by Gasteiger charge is 1.94. The Bertz CT molecular complexity index is 213. The van der Waals surface area contributed by atoms with E-state index < -0.39 is 0 Å². The number of nitrogens with two attached hydrogens (primary N) is 1. The van der Waals surface area contributed by atoms with Crippen LogP contribution in [0, 0.1) is 5.41 Å². The zero-order valence-electron chi connectivity index (χ0n) is 6.11. The van der Waals surface area contributed by atoms with Crippen LogP contribution in [0.2, 0.25) is 0 Å². The van der Waals surface area contributed by atoms with Gasteiger partial charge in [0.1, 0.15) is 0 Å². The standard InChI is InChI=1S/C5H8N4S.2ClH/c6-5(7)10-2-4-1-8-3-9-4;;/h1,3H,2H2,(H3,6,7)(H,8,9);2*1H. The summed E-state index contributed by atoms with van der Waals surface area (Å²) < 4.78 is 0. The summed E-state index contributed by atoms with van der Waals surface area (Å²) in [6, 6.07) is 0. The molecule has 0 saturated carbocycles. The van der Waals surface area contributed by atoms with Gasteiger partial charge in [-0.15, -0.1) is 24.8 Å². The lowest BCUT2D eigenvalue weighted by Gasteiger charge is -1.93. The highest BCUT2D eigenvalue weighted by atomic mass is 35.5. The van der Waals surface area contributed by atoms with Gasteiger partial charge in [-0.1, -0.05) is 11.8 Å². The fourth-order valence-corrected chi connectivity index (χ4v) is 0.988. The van der Waals surface area contributed by atoms with Crippen LogP contribution in [-0.4, -0.2) is 15.1 Å². The van der Waals surface area contributed by atoms with E-state index in [4.69, 9.17) is 11.1 Å². The van der Waals surface area contributed by atoms with E-state index in [2.05, 4.69) is 9.97 Å². The quantitative estimate of drug-likeness (QED) is 0.529. The molecule has 0 aliphatic carbocycles. The molecule has 0 atom stereocenters. The summed E-state index contributed by atoms with van der Waals surface area (Å²) in [4.78, 5) is 6.73. The molecule has 0 aliphatic heterocycles. The predicted octanol–water partition coefficient (Wildman–Crippen LogP) is 1.38. The summed E-state index contributed by atoms with van der Waals surface area (Å²) in [7, 11) is 0. The lowest BCUT2D eigenvalue weighted by atomic mass is 10.6. The maximum absolute atomic E-state index is 6.90. The molecule has 0 unspecified atom stereocenters. The molecule has 12 heavy (non-hydrogen) atoms. The van der Waals surface area contributed by atoms with Crippen LogP contribution in [0.15, 0.2) is 12.5 Å². The van der Waals surface area contributed by atoms with Gasteiger partial charge in [-0.25, -0.2) is 4.98 Å². The number of halogens is 2. The largest absolute Gasteiger partial charge is 0.379 e. The Labute approximate surface area is 87.0 Å². The lowest BCUT2D eigenvalue weighted by molar-refractivity contribution is 1.23. The zero-order valence-corrected chi connectivity index (χ0v) is 8.56. The van der Waals surface area contributed by atoms with Crippen LogP contribution < -0.4 is 5.73 Å². The first kappa shape index (κ1) is 14.2. The highest BCUT2D eigenvalue weighted by molar-refractivity contribution is 8.13. The van der Waals surface area contributed by atoms with Gasteiger partial charge < -0.3 is 10.7 Å². The van der Waals surface area contributed by atoms with Crippen molar-refractivity contribution in [3.63, 3.8) is 0 Å². The van der Waals surface area contributed by atoms with Crippen molar-refractivity contribution in [3.05, 3.63) is 18.2 Å². The van der Waals surface area contributed by atoms with Crippen LogP contribution in [0.1, 0.15) is 5.69 Å². The van der Waals surface area contributed by atoms with Crippen molar-refractivity contribution in [2.24, 2.45) is 5.73 Å². The smallest absolute Gasteiger partial charge is 0.151 e. The van der Waals surface area contributed by atoms with Crippen LogP contribution >= 0.6 is 36.6 Å². The molecule has 0 spiro atoms. The van der Waals surface area contributed by atoms with Gasteiger partial charge in [0, 0.05) is 17.6 Å². The fraction of sp³-hybridized carbons (Fsp3) is 0.200. The van der Waals surface area contributed by atoms with Gasteiger partial charge in [0.15, 0.2) is 5.17 Å². The van der Waals surface area contributed by atoms with Crippen molar-refractivity contribution in [2.45, 2.75) is 5.75 Å². The summed E-state index contributed by atoms with van der Waals surface area (Å²) >= 11 is 1.28. The highest BCUT2D eigenvalue weighted by Crippen LogP contribution is 2.06. The average molecular weight is 229 g/mol. The van der Waals surface area contributed by atoms with Gasteiger partial charge >= 0.3 is 0 Å². The van der Waals surface area contributed by atoms with Crippen molar-refractivity contribution < 1.29 is 0 Å². The number of aromatic amines is 1. The van der Waals surface area contributed by atoms with E-state index in [0.717, 1.165) is 5.69 Å². The van der Waals surface area contributed by atoms with Gasteiger partial charge in [0.25, 0.3) is 0 Å². The van der Waals surface area contributed by atoms with E-state index in [9.17, 15) is 0 Å². The third-order valence-corrected chi connectivity index (χ3v) is 1.70. The van der Waals surface area contributed by atoms with Crippen LogP contribution in [0.25, 0.3) is 0 Å². The van der Waals surface area contributed by atoms with Gasteiger partial charge in [0.2, 0.25) is 0 Å². The first-order valence-corrected chi connectivity index (χ1v) is 3.71. The molecule has 0 saturated heterocycles. The number of imidazole rings is 1. The van der Waals surface area contributed by atoms with Gasteiger partial charge in [-0.05, 0) is 0 Å². The second-order valence-corrected chi connectivity index (χ2v) is 2.75. The summed E-state index contributed by atoms with van der Waals surface area (Å²) in [5.74, 6) is 0.690. The molecule has 0 bridgehead atoms. The van der Waals surface area contributed by atoms with Gasteiger partial charge in [-0.2, -0.15) is 0 Å². The number of rotatable bonds is 2. The van der Waals surface area contributed by atoms with E-state index in [0.29, 0.717) is 5.75 Å². The maximum Gasteiger partial charge on any atom is 0.151 e. The molecule has 0 amide bonds. The topological polar surface area (TPSA) is 78.6 Å². The van der Waals surface area contributed by atoms with Crippen molar-refractivity contribution >= 4 is 41.7 Å². The lowest BCUT2D eigenvalue weighted by Crippen LogP contribution is -2.03. The van der Waals surface area contributed by atoms with Gasteiger partial charge in [-0.3, -0.25) is 5.41 Å². The Morgan fingerprint density at radius 3 is 2.75 bits per heavy atom. The zero-order chi connectivity index (χ0) is 7.40. The Hall–Kier alpha value is -0.390. The van der Waals surface area contributed by atoms with E-state index >= 15 is 0 Å². The van der Waals surface area contributed by atoms with Crippen LogP contribution in [0.3, 0.4) is 0 Å². The Balaban J connectivity index is 0. The molecule has 1 aromatic heterocycles. The Morgan fingerprint density at radius 1 is 1.67 bits per heavy atom. The minimum absolute atomic E-state index is 0.